The molecule has 2 saturated carbocycles. The Hall–Kier alpha value is -1.39. The highest BCUT2D eigenvalue weighted by molar-refractivity contribution is 5.88. The minimum absolute atomic E-state index is 0.354. The van der Waals surface area contributed by atoms with Gasteiger partial charge in [0.25, 0.3) is 0 Å². The van der Waals surface area contributed by atoms with Crippen LogP contribution in [0.5, 0.6) is 0 Å². The van der Waals surface area contributed by atoms with Crippen LogP contribution in [0.15, 0.2) is 0 Å². The number of H-pyrrole nitrogens is 1. The number of aromatic nitrogens is 3. The van der Waals surface area contributed by atoms with Crippen molar-refractivity contribution in [2.24, 2.45) is 5.41 Å². The first-order valence-electron chi connectivity index (χ1n) is 5.84. The molecule has 0 radical (unpaired) electrons. The number of rotatable bonds is 3. The molecule has 0 bridgehead atoms. The van der Waals surface area contributed by atoms with Crippen molar-refractivity contribution in [3.63, 3.8) is 0 Å². The normalized spacial score (nSPS) is 25.2. The van der Waals surface area contributed by atoms with Gasteiger partial charge in [-0.1, -0.05) is 6.42 Å². The van der Waals surface area contributed by atoms with Crippen molar-refractivity contribution in [1.82, 2.24) is 15.4 Å². The zero-order valence-corrected chi connectivity index (χ0v) is 9.32. The Morgan fingerprint density at radius 2 is 2.38 bits per heavy atom. The van der Waals surface area contributed by atoms with Gasteiger partial charge in [0, 0.05) is 5.92 Å². The lowest BCUT2D eigenvalue weighted by Gasteiger charge is -2.26. The molecular weight excluding hydrogens is 206 g/mol. The lowest BCUT2D eigenvalue weighted by atomic mass is 9.79. The number of carbonyl (C=O) groups is 1. The van der Waals surface area contributed by atoms with E-state index in [0.29, 0.717) is 23.6 Å². The third-order valence-electron chi connectivity index (χ3n) is 3.91. The Labute approximate surface area is 93.6 Å². The Balaban J connectivity index is 1.81. The van der Waals surface area contributed by atoms with Crippen LogP contribution in [-0.2, 0) is 4.74 Å². The Kier molecular flexibility index (Phi) is 2.02. The largest absolute Gasteiger partial charge is 0.461 e. The second-order valence-corrected chi connectivity index (χ2v) is 4.75. The maximum Gasteiger partial charge on any atom is 0.360 e. The van der Waals surface area contributed by atoms with Gasteiger partial charge in [-0.05, 0) is 31.6 Å². The van der Waals surface area contributed by atoms with Crippen molar-refractivity contribution in [1.29, 1.82) is 0 Å². The van der Waals surface area contributed by atoms with Crippen molar-refractivity contribution in [2.75, 3.05) is 6.61 Å². The monoisotopic (exact) mass is 221 g/mol. The smallest absolute Gasteiger partial charge is 0.360 e. The van der Waals surface area contributed by atoms with Gasteiger partial charge in [0.15, 0.2) is 5.69 Å². The maximum atomic E-state index is 11.6. The molecule has 1 unspecified atom stereocenters. The van der Waals surface area contributed by atoms with Crippen LogP contribution in [0.25, 0.3) is 0 Å². The first kappa shape index (κ1) is 9.81. The summed E-state index contributed by atoms with van der Waals surface area (Å²) in [4.78, 5) is 11.6. The average Bonchev–Trinajstić information content (AvgIpc) is 2.81. The summed E-state index contributed by atoms with van der Waals surface area (Å²) >= 11 is 0. The molecule has 0 aromatic carbocycles. The van der Waals surface area contributed by atoms with Gasteiger partial charge in [0.1, 0.15) is 5.69 Å². The van der Waals surface area contributed by atoms with E-state index in [1.54, 1.807) is 6.92 Å². The van der Waals surface area contributed by atoms with Crippen molar-refractivity contribution in [3.05, 3.63) is 11.4 Å². The third-order valence-corrected chi connectivity index (χ3v) is 3.91. The summed E-state index contributed by atoms with van der Waals surface area (Å²) in [5.41, 5.74) is 1.66. The van der Waals surface area contributed by atoms with Crippen LogP contribution < -0.4 is 0 Å². The van der Waals surface area contributed by atoms with Gasteiger partial charge in [-0.15, -0.1) is 5.10 Å². The molecule has 0 aliphatic heterocycles. The maximum absolute atomic E-state index is 11.6. The van der Waals surface area contributed by atoms with Gasteiger partial charge in [0.2, 0.25) is 0 Å². The number of nitrogens with zero attached hydrogens (tertiary/aromatic N) is 2. The molecule has 5 heteroatoms. The van der Waals surface area contributed by atoms with Crippen molar-refractivity contribution < 1.29 is 9.53 Å². The molecular formula is C11H15N3O2. The second-order valence-electron chi connectivity index (χ2n) is 4.75. The number of nitrogens with one attached hydrogen (secondary N) is 1. The molecule has 16 heavy (non-hydrogen) atoms. The Morgan fingerprint density at radius 1 is 1.56 bits per heavy atom. The molecule has 1 spiro atoms. The first-order chi connectivity index (χ1) is 7.77. The van der Waals surface area contributed by atoms with Crippen LogP contribution in [0.4, 0.5) is 0 Å². The molecule has 3 rings (SSSR count). The van der Waals surface area contributed by atoms with E-state index in [1.165, 1.54) is 19.3 Å². The second kappa shape index (κ2) is 3.30. The van der Waals surface area contributed by atoms with Crippen LogP contribution in [0.1, 0.15) is 54.7 Å². The van der Waals surface area contributed by atoms with E-state index in [-0.39, 0.29) is 5.97 Å². The fourth-order valence-electron chi connectivity index (χ4n) is 2.75. The minimum Gasteiger partial charge on any atom is -0.461 e. The fraction of sp³-hybridized carbons (Fsp3) is 0.727. The molecule has 2 aliphatic rings. The van der Waals surface area contributed by atoms with E-state index in [0.717, 1.165) is 12.1 Å². The molecule has 1 heterocycles. The summed E-state index contributed by atoms with van der Waals surface area (Å²) < 4.78 is 4.96. The third kappa shape index (κ3) is 1.27. The van der Waals surface area contributed by atoms with Crippen molar-refractivity contribution in [2.45, 2.75) is 38.5 Å². The van der Waals surface area contributed by atoms with Gasteiger partial charge in [-0.25, -0.2) is 4.79 Å². The van der Waals surface area contributed by atoms with Crippen LogP contribution in [0, 0.1) is 5.41 Å². The number of ether oxygens (including phenoxy) is 1. The van der Waals surface area contributed by atoms with Gasteiger partial charge in [-0.3, -0.25) is 0 Å². The van der Waals surface area contributed by atoms with Gasteiger partial charge >= 0.3 is 5.97 Å². The number of hydrogen-bond acceptors (Lipinski definition) is 4. The quantitative estimate of drug-likeness (QED) is 0.788. The molecule has 1 N–H and O–H groups in total. The number of aromatic amines is 1. The van der Waals surface area contributed by atoms with Gasteiger partial charge in [0.05, 0.1) is 6.61 Å². The predicted molar refractivity (Wildman–Crippen MR) is 56.0 cm³/mol. The van der Waals surface area contributed by atoms with Crippen LogP contribution >= 0.6 is 0 Å². The van der Waals surface area contributed by atoms with Gasteiger partial charge < -0.3 is 4.74 Å². The molecule has 2 fully saturated rings. The summed E-state index contributed by atoms with van der Waals surface area (Å²) in [6.07, 6.45) is 5.01. The molecule has 1 aromatic rings. The predicted octanol–water partition coefficient (Wildman–Crippen LogP) is 1.64. The summed E-state index contributed by atoms with van der Waals surface area (Å²) in [6.45, 7) is 2.17. The highest BCUT2D eigenvalue weighted by Crippen LogP contribution is 2.70. The first-order valence-corrected chi connectivity index (χ1v) is 5.84. The topological polar surface area (TPSA) is 67.9 Å². The molecule has 1 atom stereocenters. The fourth-order valence-corrected chi connectivity index (χ4v) is 2.75. The van der Waals surface area contributed by atoms with E-state index < -0.39 is 0 Å². The minimum atomic E-state index is -0.354. The van der Waals surface area contributed by atoms with Crippen LogP contribution in [-0.4, -0.2) is 28.0 Å². The lowest BCUT2D eigenvalue weighted by Crippen LogP contribution is -2.15. The summed E-state index contributed by atoms with van der Waals surface area (Å²) in [5, 5.41) is 10.6. The highest BCUT2D eigenvalue weighted by atomic mass is 16.5. The van der Waals surface area contributed by atoms with Crippen LogP contribution in [0.2, 0.25) is 0 Å². The number of hydrogen-bond donors (Lipinski definition) is 1. The lowest BCUT2D eigenvalue weighted by molar-refractivity contribution is 0.0517. The zero-order valence-electron chi connectivity index (χ0n) is 9.32. The molecule has 0 saturated heterocycles. The summed E-state index contributed by atoms with van der Waals surface area (Å²) in [5.74, 6) is 0.0760. The Bertz CT molecular complexity index is 423. The van der Waals surface area contributed by atoms with E-state index in [4.69, 9.17) is 4.74 Å². The molecule has 0 amide bonds. The highest BCUT2D eigenvalue weighted by Gasteiger charge is 2.60. The zero-order chi connectivity index (χ0) is 11.2. The molecule has 1 aromatic heterocycles. The van der Waals surface area contributed by atoms with Crippen molar-refractivity contribution >= 4 is 5.97 Å². The van der Waals surface area contributed by atoms with E-state index in [1.807, 2.05) is 0 Å². The van der Waals surface area contributed by atoms with E-state index in [2.05, 4.69) is 15.4 Å². The summed E-state index contributed by atoms with van der Waals surface area (Å²) in [6, 6.07) is 0. The van der Waals surface area contributed by atoms with E-state index >= 15 is 0 Å². The number of carbonyl (C=O) groups excluding carboxylic acids is 1. The van der Waals surface area contributed by atoms with Gasteiger partial charge in [-0.2, -0.15) is 10.3 Å². The average molecular weight is 221 g/mol. The molecule has 2 aliphatic carbocycles. The van der Waals surface area contributed by atoms with E-state index in [9.17, 15) is 4.79 Å². The number of esters is 1. The molecule has 86 valence electrons. The van der Waals surface area contributed by atoms with Crippen molar-refractivity contribution in [3.8, 4) is 0 Å². The summed E-state index contributed by atoms with van der Waals surface area (Å²) in [7, 11) is 0. The van der Waals surface area contributed by atoms with Crippen LogP contribution in [0.3, 0.4) is 0 Å². The SMILES string of the molecule is CCOC(=O)c1n[nH]nc1C1CC12CCC2. The standard InChI is InChI=1S/C11H15N3O2/c1-2-16-10(15)9-8(12-14-13-9)7-6-11(7)4-3-5-11/h7H,2-6H2,1H3,(H,12,13,14). The Morgan fingerprint density at radius 3 is 2.94 bits per heavy atom. The molecule has 5 nitrogen and oxygen atoms in total.